The van der Waals surface area contributed by atoms with Crippen LogP contribution in [0.1, 0.15) is 16.7 Å². The van der Waals surface area contributed by atoms with Gasteiger partial charge < -0.3 is 15.2 Å². The summed E-state index contributed by atoms with van der Waals surface area (Å²) in [5, 5.41) is 0.439. The number of hydrogen-bond donors (Lipinski definition) is 1. The molecule has 5 heteroatoms. The van der Waals surface area contributed by atoms with E-state index >= 15 is 0 Å². The Morgan fingerprint density at radius 3 is 2.62 bits per heavy atom. The Morgan fingerprint density at radius 1 is 1.24 bits per heavy atom. The van der Waals surface area contributed by atoms with Crippen molar-refractivity contribution in [3.63, 3.8) is 0 Å². The monoisotopic (exact) mass is 309 g/mol. The topological polar surface area (TPSA) is 44.5 Å². The zero-order valence-electron chi connectivity index (χ0n) is 12.0. The normalized spacial score (nSPS) is 10.5. The van der Waals surface area contributed by atoms with Crippen molar-refractivity contribution in [2.45, 2.75) is 20.1 Å². The molecule has 2 aromatic carbocycles. The van der Waals surface area contributed by atoms with Crippen molar-refractivity contribution < 1.29 is 13.9 Å². The van der Waals surface area contributed by atoms with Crippen LogP contribution >= 0.6 is 11.6 Å². The molecule has 0 aliphatic heterocycles. The third-order valence-corrected chi connectivity index (χ3v) is 3.48. The van der Waals surface area contributed by atoms with Crippen LogP contribution < -0.4 is 15.2 Å². The Balaban J connectivity index is 2.23. The third-order valence-electron chi connectivity index (χ3n) is 3.20. The molecule has 0 radical (unpaired) electrons. The molecular weight excluding hydrogens is 293 g/mol. The average Bonchev–Trinajstić information content (AvgIpc) is 2.46. The number of benzene rings is 2. The molecule has 0 saturated heterocycles. The molecule has 3 nitrogen and oxygen atoms in total. The molecular formula is C16H17ClFNO2. The maximum absolute atomic E-state index is 13.1. The lowest BCUT2D eigenvalue weighted by Crippen LogP contribution is -2.03. The van der Waals surface area contributed by atoms with Crippen LogP contribution in [0.25, 0.3) is 0 Å². The molecule has 0 bridgehead atoms. The van der Waals surface area contributed by atoms with Crippen LogP contribution in [0.5, 0.6) is 11.5 Å². The van der Waals surface area contributed by atoms with Crippen molar-refractivity contribution in [3.8, 4) is 11.5 Å². The second-order valence-electron chi connectivity index (χ2n) is 4.67. The van der Waals surface area contributed by atoms with E-state index in [1.807, 2.05) is 6.92 Å². The summed E-state index contributed by atoms with van der Waals surface area (Å²) in [5.41, 5.74) is 8.17. The molecule has 0 amide bonds. The molecule has 2 N–H and O–H groups in total. The maximum Gasteiger partial charge on any atom is 0.180 e. The fourth-order valence-corrected chi connectivity index (χ4v) is 2.29. The zero-order chi connectivity index (χ0) is 15.4. The highest BCUT2D eigenvalue weighted by Gasteiger charge is 2.12. The Kier molecular flexibility index (Phi) is 5.04. The molecule has 0 fully saturated rings. The molecule has 0 saturated carbocycles. The van der Waals surface area contributed by atoms with Crippen LogP contribution in [0.3, 0.4) is 0 Å². The summed E-state index contributed by atoms with van der Waals surface area (Å²) in [4.78, 5) is 0. The molecule has 2 aromatic rings. The molecule has 0 aliphatic carbocycles. The molecule has 21 heavy (non-hydrogen) atoms. The van der Waals surface area contributed by atoms with Crippen LogP contribution in [0.2, 0.25) is 5.02 Å². The molecule has 112 valence electrons. The second-order valence-corrected chi connectivity index (χ2v) is 5.08. The number of aryl methyl sites for hydroxylation is 1. The summed E-state index contributed by atoms with van der Waals surface area (Å²) < 4.78 is 24.1. The first-order valence-electron chi connectivity index (χ1n) is 6.49. The van der Waals surface area contributed by atoms with Crippen molar-refractivity contribution in [2.24, 2.45) is 5.73 Å². The lowest BCUT2D eigenvalue weighted by molar-refractivity contribution is 0.284. The van der Waals surface area contributed by atoms with Gasteiger partial charge in [0, 0.05) is 6.54 Å². The Bertz CT molecular complexity index is 646. The highest BCUT2D eigenvalue weighted by Crippen LogP contribution is 2.37. The van der Waals surface area contributed by atoms with Gasteiger partial charge in [-0.05, 0) is 47.9 Å². The van der Waals surface area contributed by atoms with E-state index in [-0.39, 0.29) is 12.4 Å². The first-order valence-corrected chi connectivity index (χ1v) is 6.87. The quantitative estimate of drug-likeness (QED) is 0.913. The van der Waals surface area contributed by atoms with Crippen LogP contribution in [-0.2, 0) is 13.2 Å². The average molecular weight is 310 g/mol. The summed E-state index contributed by atoms with van der Waals surface area (Å²) in [6.07, 6.45) is 0. The smallest absolute Gasteiger partial charge is 0.180 e. The van der Waals surface area contributed by atoms with E-state index in [2.05, 4.69) is 0 Å². The SMILES string of the molecule is COc1cc(CN)cc(Cl)c1OCc1ccc(F)cc1C. The summed E-state index contributed by atoms with van der Waals surface area (Å²) in [5.74, 6) is 0.724. The van der Waals surface area contributed by atoms with E-state index < -0.39 is 0 Å². The summed E-state index contributed by atoms with van der Waals surface area (Å²) in [6.45, 7) is 2.48. The highest BCUT2D eigenvalue weighted by molar-refractivity contribution is 6.32. The van der Waals surface area contributed by atoms with Gasteiger partial charge in [-0.3, -0.25) is 0 Å². The molecule has 0 atom stereocenters. The fourth-order valence-electron chi connectivity index (χ4n) is 2.00. The first kappa shape index (κ1) is 15.6. The van der Waals surface area contributed by atoms with E-state index in [4.69, 9.17) is 26.8 Å². The van der Waals surface area contributed by atoms with Crippen molar-refractivity contribution in [2.75, 3.05) is 7.11 Å². The summed E-state index contributed by atoms with van der Waals surface area (Å²) >= 11 is 6.20. The maximum atomic E-state index is 13.1. The summed E-state index contributed by atoms with van der Waals surface area (Å²) in [7, 11) is 1.54. The number of hydrogen-bond acceptors (Lipinski definition) is 3. The zero-order valence-corrected chi connectivity index (χ0v) is 12.7. The van der Waals surface area contributed by atoms with Gasteiger partial charge in [0.15, 0.2) is 11.5 Å². The van der Waals surface area contributed by atoms with Crippen molar-refractivity contribution in [1.82, 2.24) is 0 Å². The Hall–Kier alpha value is -1.78. The van der Waals surface area contributed by atoms with Gasteiger partial charge in [-0.2, -0.15) is 0 Å². The Morgan fingerprint density at radius 2 is 2.00 bits per heavy atom. The summed E-state index contributed by atoms with van der Waals surface area (Å²) in [6, 6.07) is 8.10. The van der Waals surface area contributed by atoms with Gasteiger partial charge in [-0.25, -0.2) is 4.39 Å². The predicted octanol–water partition coefficient (Wildman–Crippen LogP) is 3.83. The predicted molar refractivity (Wildman–Crippen MR) is 81.4 cm³/mol. The van der Waals surface area contributed by atoms with Gasteiger partial charge in [0.2, 0.25) is 0 Å². The minimum atomic E-state index is -0.265. The Labute approximate surface area is 128 Å². The van der Waals surface area contributed by atoms with Gasteiger partial charge in [0.05, 0.1) is 12.1 Å². The number of halogens is 2. The van der Waals surface area contributed by atoms with Crippen molar-refractivity contribution >= 4 is 11.6 Å². The fraction of sp³-hybridized carbons (Fsp3) is 0.250. The molecule has 0 unspecified atom stereocenters. The first-order chi connectivity index (χ1) is 10.0. The molecule has 0 aliphatic rings. The minimum Gasteiger partial charge on any atom is -0.493 e. The lowest BCUT2D eigenvalue weighted by atomic mass is 10.1. The van der Waals surface area contributed by atoms with Crippen molar-refractivity contribution in [3.05, 3.63) is 57.9 Å². The van der Waals surface area contributed by atoms with Crippen molar-refractivity contribution in [1.29, 1.82) is 0 Å². The van der Waals surface area contributed by atoms with Gasteiger partial charge in [0.1, 0.15) is 12.4 Å². The third kappa shape index (κ3) is 3.65. The van der Waals surface area contributed by atoms with E-state index in [1.165, 1.54) is 12.1 Å². The van der Waals surface area contributed by atoms with Crippen LogP contribution in [-0.4, -0.2) is 7.11 Å². The second kappa shape index (κ2) is 6.78. The number of ether oxygens (including phenoxy) is 2. The van der Waals surface area contributed by atoms with Crippen LogP contribution in [0, 0.1) is 12.7 Å². The van der Waals surface area contributed by atoms with E-state index in [1.54, 1.807) is 25.3 Å². The highest BCUT2D eigenvalue weighted by atomic mass is 35.5. The standard InChI is InChI=1S/C16H17ClFNO2/c1-10-5-13(18)4-3-12(10)9-21-16-14(17)6-11(8-19)7-15(16)20-2/h3-7H,8-9,19H2,1-2H3. The number of rotatable bonds is 5. The molecule has 0 heterocycles. The number of methoxy groups -OCH3 is 1. The van der Waals surface area contributed by atoms with Gasteiger partial charge in [-0.15, -0.1) is 0 Å². The molecule has 0 spiro atoms. The largest absolute Gasteiger partial charge is 0.493 e. The van der Waals surface area contributed by atoms with Gasteiger partial charge >= 0.3 is 0 Å². The van der Waals surface area contributed by atoms with E-state index in [0.717, 1.165) is 16.7 Å². The molecule has 0 aromatic heterocycles. The molecule has 2 rings (SSSR count). The van der Waals surface area contributed by atoms with E-state index in [9.17, 15) is 4.39 Å². The lowest BCUT2D eigenvalue weighted by Gasteiger charge is -2.14. The van der Waals surface area contributed by atoms with Gasteiger partial charge in [-0.1, -0.05) is 17.7 Å². The van der Waals surface area contributed by atoms with Crippen LogP contribution in [0.4, 0.5) is 4.39 Å². The minimum absolute atomic E-state index is 0.265. The van der Waals surface area contributed by atoms with Gasteiger partial charge in [0.25, 0.3) is 0 Å². The van der Waals surface area contributed by atoms with E-state index in [0.29, 0.717) is 23.1 Å². The number of nitrogens with two attached hydrogens (primary N) is 1. The van der Waals surface area contributed by atoms with Crippen LogP contribution in [0.15, 0.2) is 30.3 Å².